The van der Waals surface area contributed by atoms with Gasteiger partial charge in [-0.15, -0.1) is 0 Å². The number of unbranched alkanes of at least 4 members (excludes halogenated alkanes) is 1. The van der Waals surface area contributed by atoms with E-state index in [0.29, 0.717) is 12.5 Å². The van der Waals surface area contributed by atoms with Gasteiger partial charge in [0.05, 0.1) is 5.92 Å². The third-order valence-electron chi connectivity index (χ3n) is 3.71. The van der Waals surface area contributed by atoms with E-state index in [0.717, 1.165) is 32.2 Å². The molecule has 0 aromatic heterocycles. The molecule has 0 radical (unpaired) electrons. The third-order valence-corrected chi connectivity index (χ3v) is 3.71. The van der Waals surface area contributed by atoms with Crippen molar-refractivity contribution in [2.75, 3.05) is 13.1 Å². The van der Waals surface area contributed by atoms with Crippen molar-refractivity contribution in [2.45, 2.75) is 65.8 Å². The third kappa shape index (κ3) is 6.82. The first-order chi connectivity index (χ1) is 9.74. The molecule has 5 heteroatoms. The first-order valence-corrected chi connectivity index (χ1v) is 8.02. The molecule has 0 aromatic carbocycles. The number of carboxylic acids is 1. The Hall–Kier alpha value is -1.26. The SMILES string of the molecule is CCCCN(C(=O)NCC(CC(C)(C)C)C(=O)O)C1CC1. The molecular formula is C16H30N2O3. The van der Waals surface area contributed by atoms with E-state index >= 15 is 0 Å². The van der Waals surface area contributed by atoms with Gasteiger partial charge in [0.25, 0.3) is 0 Å². The number of nitrogens with one attached hydrogen (secondary N) is 1. The van der Waals surface area contributed by atoms with Crippen molar-refractivity contribution in [1.82, 2.24) is 10.2 Å². The van der Waals surface area contributed by atoms with E-state index in [9.17, 15) is 14.7 Å². The molecule has 1 aliphatic carbocycles. The minimum atomic E-state index is -0.836. The molecule has 1 unspecified atom stereocenters. The second-order valence-corrected chi connectivity index (χ2v) is 7.26. The van der Waals surface area contributed by atoms with Crippen LogP contribution in [-0.4, -0.2) is 41.1 Å². The average Bonchev–Trinajstić information content (AvgIpc) is 3.17. The highest BCUT2D eigenvalue weighted by molar-refractivity contribution is 5.76. The van der Waals surface area contributed by atoms with Crippen molar-refractivity contribution in [1.29, 1.82) is 0 Å². The van der Waals surface area contributed by atoms with Crippen LogP contribution in [0.3, 0.4) is 0 Å². The Morgan fingerprint density at radius 3 is 2.38 bits per heavy atom. The van der Waals surface area contributed by atoms with E-state index in [1.54, 1.807) is 0 Å². The first-order valence-electron chi connectivity index (χ1n) is 8.02. The van der Waals surface area contributed by atoms with Crippen molar-refractivity contribution >= 4 is 12.0 Å². The maximum absolute atomic E-state index is 12.2. The van der Waals surface area contributed by atoms with Gasteiger partial charge in [-0.25, -0.2) is 4.79 Å². The summed E-state index contributed by atoms with van der Waals surface area (Å²) in [5, 5.41) is 12.1. The molecule has 0 saturated heterocycles. The number of rotatable bonds is 8. The van der Waals surface area contributed by atoms with E-state index < -0.39 is 11.9 Å². The molecule has 0 aromatic rings. The van der Waals surface area contributed by atoms with E-state index in [2.05, 4.69) is 12.2 Å². The number of carbonyl (C=O) groups excluding carboxylic acids is 1. The van der Waals surface area contributed by atoms with Gasteiger partial charge in [-0.2, -0.15) is 0 Å². The van der Waals surface area contributed by atoms with Crippen LogP contribution in [0, 0.1) is 11.3 Å². The summed E-state index contributed by atoms with van der Waals surface area (Å²) in [6.45, 7) is 9.13. The van der Waals surface area contributed by atoms with E-state index in [4.69, 9.17) is 0 Å². The van der Waals surface area contributed by atoms with Crippen molar-refractivity contribution in [3.63, 3.8) is 0 Å². The highest BCUT2D eigenvalue weighted by Gasteiger charge is 2.33. The standard InChI is InChI=1S/C16H30N2O3/c1-5-6-9-18(13-7-8-13)15(21)17-11-12(14(19)20)10-16(2,3)4/h12-13H,5-11H2,1-4H3,(H,17,21)(H,19,20). The normalized spacial score (nSPS) is 16.4. The molecule has 1 aliphatic rings. The summed E-state index contributed by atoms with van der Waals surface area (Å²) in [6, 6.07) is 0.258. The number of carboxylic acid groups (broad SMARTS) is 1. The average molecular weight is 298 g/mol. The zero-order valence-corrected chi connectivity index (χ0v) is 13.8. The molecule has 122 valence electrons. The van der Waals surface area contributed by atoms with Crippen LogP contribution in [0.15, 0.2) is 0 Å². The zero-order valence-electron chi connectivity index (χ0n) is 13.8. The second-order valence-electron chi connectivity index (χ2n) is 7.26. The zero-order chi connectivity index (χ0) is 16.0. The van der Waals surface area contributed by atoms with Crippen LogP contribution in [0.4, 0.5) is 4.79 Å². The summed E-state index contributed by atoms with van der Waals surface area (Å²) >= 11 is 0. The molecule has 5 nitrogen and oxygen atoms in total. The van der Waals surface area contributed by atoms with Gasteiger partial charge in [0.2, 0.25) is 0 Å². The van der Waals surface area contributed by atoms with E-state index in [-0.39, 0.29) is 18.0 Å². The van der Waals surface area contributed by atoms with Crippen molar-refractivity contribution in [2.24, 2.45) is 11.3 Å². The number of carbonyl (C=O) groups is 2. The van der Waals surface area contributed by atoms with Crippen LogP contribution in [-0.2, 0) is 4.79 Å². The van der Waals surface area contributed by atoms with E-state index in [1.165, 1.54) is 0 Å². The summed E-state index contributed by atoms with van der Waals surface area (Å²) in [5.41, 5.74) is -0.0633. The lowest BCUT2D eigenvalue weighted by Crippen LogP contribution is -2.45. The lowest BCUT2D eigenvalue weighted by molar-refractivity contribution is -0.142. The van der Waals surface area contributed by atoms with Crippen molar-refractivity contribution in [3.8, 4) is 0 Å². The van der Waals surface area contributed by atoms with Crippen LogP contribution in [0.25, 0.3) is 0 Å². The molecule has 1 saturated carbocycles. The molecular weight excluding hydrogens is 268 g/mol. The minimum Gasteiger partial charge on any atom is -0.481 e. The van der Waals surface area contributed by atoms with E-state index in [1.807, 2.05) is 25.7 Å². The topological polar surface area (TPSA) is 69.6 Å². The number of amides is 2. The molecule has 2 amide bonds. The molecule has 1 fully saturated rings. The molecule has 0 bridgehead atoms. The number of hydrogen-bond donors (Lipinski definition) is 2. The number of hydrogen-bond acceptors (Lipinski definition) is 2. The Morgan fingerprint density at radius 2 is 1.95 bits per heavy atom. The highest BCUT2D eigenvalue weighted by Crippen LogP contribution is 2.27. The Bertz CT molecular complexity index is 359. The van der Waals surface area contributed by atoms with Gasteiger partial charge >= 0.3 is 12.0 Å². The molecule has 0 aliphatic heterocycles. The van der Waals surface area contributed by atoms with Gasteiger partial charge in [0.1, 0.15) is 0 Å². The van der Waals surface area contributed by atoms with Gasteiger partial charge < -0.3 is 15.3 Å². The molecule has 2 N–H and O–H groups in total. The Balaban J connectivity index is 2.49. The monoisotopic (exact) mass is 298 g/mol. The van der Waals surface area contributed by atoms with Gasteiger partial charge in [0, 0.05) is 19.1 Å². The summed E-state index contributed by atoms with van der Waals surface area (Å²) in [5.74, 6) is -1.36. The minimum absolute atomic E-state index is 0.0633. The lowest BCUT2D eigenvalue weighted by atomic mass is 9.84. The quantitative estimate of drug-likeness (QED) is 0.723. The van der Waals surface area contributed by atoms with Crippen LogP contribution in [0.1, 0.15) is 59.8 Å². The fourth-order valence-electron chi connectivity index (χ4n) is 2.46. The number of urea groups is 1. The molecule has 0 heterocycles. The fourth-order valence-corrected chi connectivity index (χ4v) is 2.46. The van der Waals surface area contributed by atoms with Gasteiger partial charge in [-0.3, -0.25) is 4.79 Å². The van der Waals surface area contributed by atoms with Crippen LogP contribution in [0.5, 0.6) is 0 Å². The lowest BCUT2D eigenvalue weighted by Gasteiger charge is -2.26. The number of aliphatic carboxylic acids is 1. The Labute approximate surface area is 128 Å². The maximum atomic E-state index is 12.2. The predicted octanol–water partition coefficient (Wildman–Crippen LogP) is 3.10. The Kier molecular flexibility index (Phi) is 6.49. The largest absolute Gasteiger partial charge is 0.481 e. The summed E-state index contributed by atoms with van der Waals surface area (Å²) in [7, 11) is 0. The van der Waals surface area contributed by atoms with Crippen LogP contribution >= 0.6 is 0 Å². The first kappa shape index (κ1) is 17.8. The second kappa shape index (κ2) is 7.66. The summed E-state index contributed by atoms with van der Waals surface area (Å²) in [4.78, 5) is 25.4. The van der Waals surface area contributed by atoms with Crippen LogP contribution in [0.2, 0.25) is 0 Å². The molecule has 1 rings (SSSR count). The number of nitrogens with zero attached hydrogens (tertiary/aromatic N) is 1. The molecule has 21 heavy (non-hydrogen) atoms. The fraction of sp³-hybridized carbons (Fsp3) is 0.875. The Morgan fingerprint density at radius 1 is 1.33 bits per heavy atom. The van der Waals surface area contributed by atoms with Gasteiger partial charge in [-0.05, 0) is 31.1 Å². The predicted molar refractivity (Wildman–Crippen MR) is 83.2 cm³/mol. The maximum Gasteiger partial charge on any atom is 0.317 e. The van der Waals surface area contributed by atoms with Gasteiger partial charge in [-0.1, -0.05) is 34.1 Å². The highest BCUT2D eigenvalue weighted by atomic mass is 16.4. The summed E-state index contributed by atoms with van der Waals surface area (Å²) in [6.07, 6.45) is 4.75. The van der Waals surface area contributed by atoms with Crippen molar-refractivity contribution in [3.05, 3.63) is 0 Å². The van der Waals surface area contributed by atoms with Gasteiger partial charge in [0.15, 0.2) is 0 Å². The molecule has 0 spiro atoms. The van der Waals surface area contributed by atoms with Crippen LogP contribution < -0.4 is 5.32 Å². The smallest absolute Gasteiger partial charge is 0.317 e. The van der Waals surface area contributed by atoms with Crippen molar-refractivity contribution < 1.29 is 14.7 Å². The molecule has 1 atom stereocenters. The summed E-state index contributed by atoms with van der Waals surface area (Å²) < 4.78 is 0.